The summed E-state index contributed by atoms with van der Waals surface area (Å²) < 4.78 is 24.2. The highest BCUT2D eigenvalue weighted by Crippen LogP contribution is 2.32. The van der Waals surface area contributed by atoms with Crippen LogP contribution in [0.1, 0.15) is 22.3 Å². The van der Waals surface area contributed by atoms with Crippen molar-refractivity contribution in [1.29, 1.82) is 0 Å². The Morgan fingerprint density at radius 2 is 1.85 bits per heavy atom. The largest absolute Gasteiger partial charge is 0.507 e. The molecule has 0 heterocycles. The number of phenols is 2. The molecule has 70 valence electrons. The Balaban J connectivity index is 3.30. The van der Waals surface area contributed by atoms with Gasteiger partial charge in [0.1, 0.15) is 11.5 Å². The van der Waals surface area contributed by atoms with Crippen LogP contribution in [-0.4, -0.2) is 16.5 Å². The van der Waals surface area contributed by atoms with E-state index in [0.29, 0.717) is 6.07 Å². The molecular weight excluding hydrogens is 182 g/mol. The number of hydrogen-bond donors (Lipinski definition) is 2. The molecule has 1 aromatic rings. The molecule has 0 unspecified atom stereocenters. The Hall–Kier alpha value is -1.65. The molecule has 0 radical (unpaired) electrons. The molecular formula is C8H6F2O3. The molecule has 0 aliphatic carbocycles. The summed E-state index contributed by atoms with van der Waals surface area (Å²) in [6.07, 6.45) is -2.64. The molecule has 2 N–H and O–H groups in total. The molecule has 1 aromatic carbocycles. The monoisotopic (exact) mass is 188 g/mol. The van der Waals surface area contributed by atoms with Crippen LogP contribution in [0.5, 0.6) is 11.5 Å². The van der Waals surface area contributed by atoms with Gasteiger partial charge in [0.25, 0.3) is 6.43 Å². The summed E-state index contributed by atoms with van der Waals surface area (Å²) in [7, 11) is 0. The van der Waals surface area contributed by atoms with E-state index in [0.717, 1.165) is 6.07 Å². The van der Waals surface area contributed by atoms with Crippen LogP contribution in [0, 0.1) is 0 Å². The lowest BCUT2D eigenvalue weighted by atomic mass is 10.1. The smallest absolute Gasteiger partial charge is 0.267 e. The fourth-order valence-electron chi connectivity index (χ4n) is 0.881. The van der Waals surface area contributed by atoms with Gasteiger partial charge in [0, 0.05) is 6.07 Å². The summed E-state index contributed by atoms with van der Waals surface area (Å²) in [5.41, 5.74) is -0.937. The van der Waals surface area contributed by atoms with E-state index in [2.05, 4.69) is 0 Å². The minimum Gasteiger partial charge on any atom is -0.507 e. The quantitative estimate of drug-likeness (QED) is 0.696. The molecule has 0 fully saturated rings. The first kappa shape index (κ1) is 9.44. The van der Waals surface area contributed by atoms with E-state index in [4.69, 9.17) is 10.2 Å². The third-order valence-electron chi connectivity index (χ3n) is 1.54. The number of carbonyl (C=O) groups is 1. The molecule has 0 aliphatic rings. The number of phenolic OH excluding ortho intramolecular Hbond substituents is 2. The van der Waals surface area contributed by atoms with Gasteiger partial charge in [-0.15, -0.1) is 0 Å². The average Bonchev–Trinajstić information content (AvgIpc) is 2.03. The number of carbonyl (C=O) groups excluding carboxylic acids is 1. The van der Waals surface area contributed by atoms with Gasteiger partial charge in [-0.25, -0.2) is 8.78 Å². The summed E-state index contributed by atoms with van der Waals surface area (Å²) in [6, 6.07) is 1.47. The Morgan fingerprint density at radius 3 is 2.31 bits per heavy atom. The van der Waals surface area contributed by atoms with Crippen molar-refractivity contribution in [1.82, 2.24) is 0 Å². The molecule has 0 saturated heterocycles. The molecule has 3 nitrogen and oxygen atoms in total. The van der Waals surface area contributed by atoms with E-state index in [1.54, 1.807) is 0 Å². The lowest BCUT2D eigenvalue weighted by molar-refractivity contribution is 0.112. The lowest BCUT2D eigenvalue weighted by Gasteiger charge is -2.05. The van der Waals surface area contributed by atoms with Gasteiger partial charge in [0.2, 0.25) is 0 Å². The Bertz CT molecular complexity index is 336. The summed E-state index contributed by atoms with van der Waals surface area (Å²) in [4.78, 5) is 10.2. The maximum absolute atomic E-state index is 12.1. The van der Waals surface area contributed by atoms with Crippen LogP contribution in [0.25, 0.3) is 0 Å². The highest BCUT2D eigenvalue weighted by atomic mass is 19.3. The van der Waals surface area contributed by atoms with Crippen molar-refractivity contribution in [2.75, 3.05) is 0 Å². The molecule has 5 heteroatoms. The molecule has 0 aromatic heterocycles. The SMILES string of the molecule is O=Cc1cc(C(F)F)c(O)cc1O. The zero-order chi connectivity index (χ0) is 10.0. The number of aldehydes is 1. The summed E-state index contributed by atoms with van der Waals surface area (Å²) >= 11 is 0. The van der Waals surface area contributed by atoms with E-state index >= 15 is 0 Å². The van der Waals surface area contributed by atoms with Crippen molar-refractivity contribution >= 4 is 6.29 Å². The molecule has 0 spiro atoms. The Morgan fingerprint density at radius 1 is 1.23 bits per heavy atom. The van der Waals surface area contributed by atoms with Crippen LogP contribution >= 0.6 is 0 Å². The topological polar surface area (TPSA) is 57.5 Å². The van der Waals surface area contributed by atoms with Gasteiger partial charge >= 0.3 is 0 Å². The van der Waals surface area contributed by atoms with E-state index in [1.165, 1.54) is 0 Å². The second-order valence-electron chi connectivity index (χ2n) is 2.39. The van der Waals surface area contributed by atoms with E-state index in [1.807, 2.05) is 0 Å². The molecule has 0 saturated carbocycles. The third kappa shape index (κ3) is 1.74. The minimum atomic E-state index is -2.88. The molecule has 1 rings (SSSR count). The second-order valence-corrected chi connectivity index (χ2v) is 2.39. The van der Waals surface area contributed by atoms with Crippen molar-refractivity contribution in [3.05, 3.63) is 23.3 Å². The number of aromatic hydroxyl groups is 2. The first-order valence-electron chi connectivity index (χ1n) is 3.35. The number of hydrogen-bond acceptors (Lipinski definition) is 3. The normalized spacial score (nSPS) is 10.4. The van der Waals surface area contributed by atoms with Crippen molar-refractivity contribution in [3.63, 3.8) is 0 Å². The number of benzene rings is 1. The standard InChI is InChI=1S/C8H6F2O3/c9-8(10)5-1-4(3-11)6(12)2-7(5)13/h1-3,8,12-13H. The van der Waals surface area contributed by atoms with E-state index < -0.39 is 23.5 Å². The van der Waals surface area contributed by atoms with Crippen LogP contribution in [0.15, 0.2) is 12.1 Å². The maximum atomic E-state index is 12.1. The van der Waals surface area contributed by atoms with Gasteiger partial charge in [-0.3, -0.25) is 4.79 Å². The van der Waals surface area contributed by atoms with Crippen molar-refractivity contribution in [2.45, 2.75) is 6.43 Å². The van der Waals surface area contributed by atoms with Gasteiger partial charge in [0.05, 0.1) is 11.1 Å². The number of halogens is 2. The zero-order valence-electron chi connectivity index (χ0n) is 6.37. The minimum absolute atomic E-state index is 0.237. The third-order valence-corrected chi connectivity index (χ3v) is 1.54. The fraction of sp³-hybridized carbons (Fsp3) is 0.125. The number of alkyl halides is 2. The Labute approximate surface area is 72.2 Å². The van der Waals surface area contributed by atoms with Crippen LogP contribution in [0.3, 0.4) is 0 Å². The van der Waals surface area contributed by atoms with Crippen molar-refractivity contribution in [2.24, 2.45) is 0 Å². The van der Waals surface area contributed by atoms with Gasteiger partial charge in [-0.2, -0.15) is 0 Å². The zero-order valence-corrected chi connectivity index (χ0v) is 6.37. The van der Waals surface area contributed by atoms with Gasteiger partial charge in [-0.1, -0.05) is 0 Å². The van der Waals surface area contributed by atoms with Crippen LogP contribution in [0.4, 0.5) is 8.78 Å². The predicted molar refractivity (Wildman–Crippen MR) is 40.1 cm³/mol. The summed E-state index contributed by atoms with van der Waals surface area (Å²) in [5, 5.41) is 17.9. The second kappa shape index (κ2) is 3.38. The predicted octanol–water partition coefficient (Wildman–Crippen LogP) is 1.85. The molecule has 0 atom stereocenters. The van der Waals surface area contributed by atoms with Gasteiger partial charge in [-0.05, 0) is 6.07 Å². The van der Waals surface area contributed by atoms with Gasteiger partial charge in [0.15, 0.2) is 6.29 Å². The fourth-order valence-corrected chi connectivity index (χ4v) is 0.881. The van der Waals surface area contributed by atoms with Crippen molar-refractivity contribution < 1.29 is 23.8 Å². The maximum Gasteiger partial charge on any atom is 0.267 e. The summed E-state index contributed by atoms with van der Waals surface area (Å²) in [5.74, 6) is -1.24. The molecule has 0 aliphatic heterocycles. The van der Waals surface area contributed by atoms with Gasteiger partial charge < -0.3 is 10.2 Å². The lowest BCUT2D eigenvalue weighted by Crippen LogP contribution is -1.89. The summed E-state index contributed by atoms with van der Waals surface area (Å²) in [6.45, 7) is 0. The number of rotatable bonds is 2. The Kier molecular flexibility index (Phi) is 2.46. The van der Waals surface area contributed by atoms with Crippen LogP contribution < -0.4 is 0 Å². The van der Waals surface area contributed by atoms with Crippen LogP contribution in [-0.2, 0) is 0 Å². The molecule has 13 heavy (non-hydrogen) atoms. The average molecular weight is 188 g/mol. The first-order chi connectivity index (χ1) is 6.06. The van der Waals surface area contributed by atoms with E-state index in [9.17, 15) is 13.6 Å². The molecule has 0 bridgehead atoms. The van der Waals surface area contributed by atoms with E-state index in [-0.39, 0.29) is 11.8 Å². The highest BCUT2D eigenvalue weighted by Gasteiger charge is 2.15. The molecule has 0 amide bonds. The van der Waals surface area contributed by atoms with Crippen LogP contribution in [0.2, 0.25) is 0 Å². The highest BCUT2D eigenvalue weighted by molar-refractivity contribution is 5.80. The van der Waals surface area contributed by atoms with Crippen molar-refractivity contribution in [3.8, 4) is 11.5 Å². The first-order valence-corrected chi connectivity index (χ1v) is 3.35.